The summed E-state index contributed by atoms with van der Waals surface area (Å²) in [6.45, 7) is 4.57. The highest BCUT2D eigenvalue weighted by atomic mass is 16.6. The van der Waals surface area contributed by atoms with E-state index in [0.29, 0.717) is 5.56 Å². The van der Waals surface area contributed by atoms with Gasteiger partial charge < -0.3 is 14.9 Å². The Labute approximate surface area is 146 Å². The molecular weight excluding hydrogens is 326 g/mol. The first-order valence-electron chi connectivity index (χ1n) is 8.04. The van der Waals surface area contributed by atoms with Crippen molar-refractivity contribution >= 4 is 17.8 Å². The third-order valence-electron chi connectivity index (χ3n) is 3.98. The van der Waals surface area contributed by atoms with Crippen LogP contribution in [0.1, 0.15) is 32.8 Å². The number of carboxylic acid groups (broad SMARTS) is 1. The van der Waals surface area contributed by atoms with Crippen molar-refractivity contribution in [3.05, 3.63) is 35.9 Å². The number of rotatable bonds is 4. The van der Waals surface area contributed by atoms with Crippen molar-refractivity contribution < 1.29 is 29.3 Å². The van der Waals surface area contributed by atoms with E-state index in [0.717, 1.165) is 4.90 Å². The Morgan fingerprint density at radius 2 is 1.84 bits per heavy atom. The number of hydrogen-bond acceptors (Lipinski definition) is 5. The number of carboxylic acids is 1. The molecule has 1 aliphatic rings. The monoisotopic (exact) mass is 349 g/mol. The average Bonchev–Trinajstić information content (AvgIpc) is 2.86. The fourth-order valence-electron chi connectivity index (χ4n) is 2.77. The number of β-amino-alcohol motifs (C(OH)–C–C–N with tert-alkyl or cyclic N) is 1. The topological polar surface area (TPSA) is 104 Å². The molecule has 1 aromatic carbocycles. The van der Waals surface area contributed by atoms with Crippen LogP contribution >= 0.6 is 0 Å². The van der Waals surface area contributed by atoms with Gasteiger partial charge in [-0.25, -0.2) is 9.59 Å². The van der Waals surface area contributed by atoms with Crippen LogP contribution in [-0.2, 0) is 20.7 Å². The maximum absolute atomic E-state index is 12.5. The summed E-state index contributed by atoms with van der Waals surface area (Å²) >= 11 is 0. The van der Waals surface area contributed by atoms with E-state index in [2.05, 4.69) is 0 Å². The van der Waals surface area contributed by atoms with E-state index in [1.165, 1.54) is 0 Å². The summed E-state index contributed by atoms with van der Waals surface area (Å²) in [7, 11) is 0. The van der Waals surface area contributed by atoms with Gasteiger partial charge in [0.2, 0.25) is 0 Å². The number of Topliss-reactive ketones (excluding diaryl/α,β-unsaturated/α-hetero) is 1. The molecule has 1 amide bonds. The summed E-state index contributed by atoms with van der Waals surface area (Å²) in [5, 5.41) is 20.1. The lowest BCUT2D eigenvalue weighted by atomic mass is 9.91. The first kappa shape index (κ1) is 18.9. The number of amides is 1. The minimum atomic E-state index is -1.91. The van der Waals surface area contributed by atoms with Gasteiger partial charge in [0.05, 0.1) is 6.54 Å². The van der Waals surface area contributed by atoms with E-state index >= 15 is 0 Å². The molecule has 0 spiro atoms. The van der Waals surface area contributed by atoms with Crippen molar-refractivity contribution in [2.24, 2.45) is 0 Å². The summed E-state index contributed by atoms with van der Waals surface area (Å²) in [5.41, 5.74) is -2.01. The standard InChI is InChI=1S/C18H23NO6/c1-17(2,3)25-16(23)19-11-18(24,10-13(19)15(21)22)14(20)9-12-7-5-4-6-8-12/h4-8,13,24H,9-11H2,1-3H3,(H,21,22)/t13-,18?/m1/s1. The van der Waals surface area contributed by atoms with Gasteiger partial charge in [-0.05, 0) is 26.3 Å². The Kier molecular flexibility index (Phi) is 5.17. The predicted molar refractivity (Wildman–Crippen MR) is 89.1 cm³/mol. The molecule has 0 aliphatic carbocycles. The molecule has 136 valence electrons. The average molecular weight is 349 g/mol. The van der Waals surface area contributed by atoms with Gasteiger partial charge in [-0.15, -0.1) is 0 Å². The van der Waals surface area contributed by atoms with Gasteiger partial charge in [0.15, 0.2) is 5.78 Å². The van der Waals surface area contributed by atoms with E-state index in [-0.39, 0.29) is 12.8 Å². The molecule has 1 aromatic rings. The highest BCUT2D eigenvalue weighted by Crippen LogP contribution is 2.31. The van der Waals surface area contributed by atoms with Gasteiger partial charge in [0.1, 0.15) is 17.2 Å². The van der Waals surface area contributed by atoms with Gasteiger partial charge in [0.25, 0.3) is 0 Å². The molecular formula is C18H23NO6. The molecule has 1 unspecified atom stereocenters. The minimum absolute atomic E-state index is 0.0359. The van der Waals surface area contributed by atoms with Crippen LogP contribution in [0.25, 0.3) is 0 Å². The van der Waals surface area contributed by atoms with Gasteiger partial charge in [-0.2, -0.15) is 0 Å². The van der Waals surface area contributed by atoms with Crippen molar-refractivity contribution in [1.82, 2.24) is 4.90 Å². The van der Waals surface area contributed by atoms with Crippen molar-refractivity contribution in [1.29, 1.82) is 0 Å². The Bertz CT molecular complexity index is 666. The first-order chi connectivity index (χ1) is 11.5. The molecule has 0 bridgehead atoms. The van der Waals surface area contributed by atoms with Crippen LogP contribution in [0.4, 0.5) is 4.79 Å². The molecule has 1 heterocycles. The predicted octanol–water partition coefficient (Wildman–Crippen LogP) is 1.62. The number of benzene rings is 1. The number of aliphatic hydroxyl groups is 1. The summed E-state index contributed by atoms with van der Waals surface area (Å²) in [5.74, 6) is -1.80. The zero-order chi connectivity index (χ0) is 18.8. The molecule has 7 heteroatoms. The normalized spacial score (nSPS) is 23.4. The number of ether oxygens (including phenoxy) is 1. The molecule has 1 aliphatic heterocycles. The molecule has 0 radical (unpaired) electrons. The molecule has 2 atom stereocenters. The molecule has 7 nitrogen and oxygen atoms in total. The lowest BCUT2D eigenvalue weighted by molar-refractivity contribution is -0.142. The summed E-state index contributed by atoms with van der Waals surface area (Å²) in [6, 6.07) is 7.54. The second-order valence-corrected chi connectivity index (χ2v) is 7.28. The van der Waals surface area contributed by atoms with Crippen LogP contribution in [0, 0.1) is 0 Å². The van der Waals surface area contributed by atoms with Crippen molar-refractivity contribution in [2.45, 2.75) is 50.9 Å². The lowest BCUT2D eigenvalue weighted by Gasteiger charge is -2.27. The second-order valence-electron chi connectivity index (χ2n) is 7.28. The minimum Gasteiger partial charge on any atom is -0.480 e. The largest absolute Gasteiger partial charge is 0.480 e. The number of carbonyl (C=O) groups excluding carboxylic acids is 2. The van der Waals surface area contributed by atoms with Crippen molar-refractivity contribution in [2.75, 3.05) is 6.54 Å². The Balaban J connectivity index is 2.18. The summed E-state index contributed by atoms with van der Waals surface area (Å²) in [6.07, 6.45) is -1.25. The second kappa shape index (κ2) is 6.84. The number of ketones is 1. The molecule has 0 aromatic heterocycles. The van der Waals surface area contributed by atoms with Gasteiger partial charge >= 0.3 is 12.1 Å². The number of likely N-dealkylation sites (tertiary alicyclic amines) is 1. The van der Waals surface area contributed by atoms with Gasteiger partial charge in [-0.1, -0.05) is 30.3 Å². The third-order valence-corrected chi connectivity index (χ3v) is 3.98. The lowest BCUT2D eigenvalue weighted by Crippen LogP contribution is -2.45. The molecule has 2 rings (SSSR count). The van der Waals surface area contributed by atoms with Crippen LogP contribution < -0.4 is 0 Å². The van der Waals surface area contributed by atoms with E-state index in [1.807, 2.05) is 6.07 Å². The number of carbonyl (C=O) groups is 3. The SMILES string of the molecule is CC(C)(C)OC(=O)N1CC(O)(C(=O)Cc2ccccc2)C[C@@H]1C(=O)O. The first-order valence-corrected chi connectivity index (χ1v) is 8.04. The van der Waals surface area contributed by atoms with Crippen LogP contribution in [0.5, 0.6) is 0 Å². The van der Waals surface area contributed by atoms with Crippen molar-refractivity contribution in [3.8, 4) is 0 Å². The van der Waals surface area contributed by atoms with Crippen molar-refractivity contribution in [3.63, 3.8) is 0 Å². The zero-order valence-electron chi connectivity index (χ0n) is 14.6. The van der Waals surface area contributed by atoms with Crippen LogP contribution in [0.2, 0.25) is 0 Å². The fraction of sp³-hybridized carbons (Fsp3) is 0.500. The number of hydrogen-bond donors (Lipinski definition) is 2. The van der Waals surface area contributed by atoms with Crippen LogP contribution in [-0.4, -0.2) is 56.7 Å². The van der Waals surface area contributed by atoms with E-state index in [4.69, 9.17) is 4.74 Å². The highest BCUT2D eigenvalue weighted by molar-refractivity contribution is 5.92. The van der Waals surface area contributed by atoms with Crippen LogP contribution in [0.15, 0.2) is 30.3 Å². The number of nitrogens with zero attached hydrogens (tertiary/aromatic N) is 1. The highest BCUT2D eigenvalue weighted by Gasteiger charge is 2.52. The smallest absolute Gasteiger partial charge is 0.411 e. The maximum Gasteiger partial charge on any atom is 0.411 e. The van der Waals surface area contributed by atoms with E-state index in [9.17, 15) is 24.6 Å². The van der Waals surface area contributed by atoms with Gasteiger partial charge in [0, 0.05) is 12.8 Å². The Hall–Kier alpha value is -2.41. The zero-order valence-corrected chi connectivity index (χ0v) is 14.6. The van der Waals surface area contributed by atoms with Gasteiger partial charge in [-0.3, -0.25) is 9.69 Å². The maximum atomic E-state index is 12.5. The Morgan fingerprint density at radius 3 is 2.36 bits per heavy atom. The molecule has 2 N–H and O–H groups in total. The van der Waals surface area contributed by atoms with E-state index < -0.39 is 41.6 Å². The van der Waals surface area contributed by atoms with Crippen LogP contribution in [0.3, 0.4) is 0 Å². The molecule has 25 heavy (non-hydrogen) atoms. The van der Waals surface area contributed by atoms with E-state index in [1.54, 1.807) is 45.0 Å². The summed E-state index contributed by atoms with van der Waals surface area (Å²) < 4.78 is 5.19. The molecule has 1 saturated heterocycles. The Morgan fingerprint density at radius 1 is 1.24 bits per heavy atom. The number of aliphatic carboxylic acids is 1. The molecule has 0 saturated carbocycles. The third kappa shape index (κ3) is 4.57. The fourth-order valence-corrected chi connectivity index (χ4v) is 2.77. The molecule has 1 fully saturated rings. The summed E-state index contributed by atoms with van der Waals surface area (Å²) in [4.78, 5) is 37.2. The quantitative estimate of drug-likeness (QED) is 0.856.